The van der Waals surface area contributed by atoms with Gasteiger partial charge in [0.25, 0.3) is 6.47 Å². The predicted octanol–water partition coefficient (Wildman–Crippen LogP) is 9.54. The second-order valence-electron chi connectivity index (χ2n) is 9.30. The molecule has 0 aliphatic rings. The molecule has 0 unspecified atom stereocenters. The van der Waals surface area contributed by atoms with E-state index in [2.05, 4.69) is 20.8 Å². The molecule has 0 fully saturated rings. The van der Waals surface area contributed by atoms with Crippen LogP contribution in [-0.4, -0.2) is 12.1 Å². The summed E-state index contributed by atoms with van der Waals surface area (Å²) < 4.78 is 5.85. The molecule has 0 amide bonds. The first-order chi connectivity index (χ1) is 14.2. The van der Waals surface area contributed by atoms with Crippen molar-refractivity contribution in [2.75, 3.05) is 0 Å². The Kier molecular flexibility index (Phi) is 21.8. The highest BCUT2D eigenvalue weighted by molar-refractivity contribution is 5.38. The maximum Gasteiger partial charge on any atom is 0.293 e. The molecule has 174 valence electrons. The first-order valence-electron chi connectivity index (χ1n) is 13.4. The largest absolute Gasteiger partial charge is 0.461 e. The molecule has 0 N–H and O–H groups in total. The lowest BCUT2D eigenvalue weighted by Gasteiger charge is -2.32. The lowest BCUT2D eigenvalue weighted by Crippen LogP contribution is -2.32. The quantitative estimate of drug-likeness (QED) is 0.117. The van der Waals surface area contributed by atoms with E-state index in [1.165, 1.54) is 122 Å². The summed E-state index contributed by atoms with van der Waals surface area (Å²) in [6.45, 7) is 7.56. The second-order valence-corrected chi connectivity index (χ2v) is 9.30. The van der Waals surface area contributed by atoms with Gasteiger partial charge in [0.05, 0.1) is 0 Å². The zero-order valence-electron chi connectivity index (χ0n) is 20.5. The van der Waals surface area contributed by atoms with Gasteiger partial charge in [-0.05, 0) is 38.5 Å². The number of carbonyl (C=O) groups excluding carboxylic acids is 1. The summed E-state index contributed by atoms with van der Waals surface area (Å²) in [5.74, 6) is 0. The third-order valence-corrected chi connectivity index (χ3v) is 6.51. The molecule has 0 atom stereocenters. The van der Waals surface area contributed by atoms with E-state index in [9.17, 15) is 4.79 Å². The third-order valence-electron chi connectivity index (χ3n) is 6.51. The maximum atomic E-state index is 11.4. The Hall–Kier alpha value is -0.530. The zero-order valence-corrected chi connectivity index (χ0v) is 20.5. The Balaban J connectivity index is 4.40. The Bertz CT molecular complexity index is 310. The van der Waals surface area contributed by atoms with Crippen LogP contribution < -0.4 is 0 Å². The summed E-state index contributed by atoms with van der Waals surface area (Å²) in [7, 11) is 0. The summed E-state index contributed by atoms with van der Waals surface area (Å²) in [6, 6.07) is 0. The minimum Gasteiger partial charge on any atom is -0.461 e. The van der Waals surface area contributed by atoms with E-state index in [-0.39, 0.29) is 5.60 Å². The van der Waals surface area contributed by atoms with Crippen LogP contribution in [-0.2, 0) is 9.53 Å². The smallest absolute Gasteiger partial charge is 0.293 e. The summed E-state index contributed by atoms with van der Waals surface area (Å²) >= 11 is 0. The van der Waals surface area contributed by atoms with Gasteiger partial charge in [0.1, 0.15) is 5.60 Å². The predicted molar refractivity (Wildman–Crippen MR) is 128 cm³/mol. The van der Waals surface area contributed by atoms with Gasteiger partial charge in [0, 0.05) is 0 Å². The van der Waals surface area contributed by atoms with Crippen molar-refractivity contribution in [1.29, 1.82) is 0 Å². The standard InChI is InChI=1S/C27H54O2/c1-4-7-10-13-16-19-22-25-27(29-26-28,23-20-17-14-11-8-5-2)24-21-18-15-12-9-6-3/h26H,4-25H2,1-3H3. The summed E-state index contributed by atoms with van der Waals surface area (Å²) in [5.41, 5.74) is -0.180. The molecular weight excluding hydrogens is 356 g/mol. The van der Waals surface area contributed by atoms with Crippen LogP contribution in [0.25, 0.3) is 0 Å². The van der Waals surface area contributed by atoms with Crippen LogP contribution in [0.4, 0.5) is 0 Å². The van der Waals surface area contributed by atoms with E-state index in [0.29, 0.717) is 0 Å². The third kappa shape index (κ3) is 18.0. The molecule has 0 heterocycles. The van der Waals surface area contributed by atoms with Crippen molar-refractivity contribution in [2.45, 2.75) is 168 Å². The molecule has 0 saturated carbocycles. The molecule has 29 heavy (non-hydrogen) atoms. The van der Waals surface area contributed by atoms with Gasteiger partial charge in [0.15, 0.2) is 0 Å². The molecule has 0 aromatic rings. The molecule has 0 radical (unpaired) electrons. The van der Waals surface area contributed by atoms with Gasteiger partial charge in [-0.15, -0.1) is 0 Å². The van der Waals surface area contributed by atoms with Gasteiger partial charge in [-0.3, -0.25) is 4.79 Å². The number of hydrogen-bond donors (Lipinski definition) is 0. The van der Waals surface area contributed by atoms with Gasteiger partial charge in [-0.25, -0.2) is 0 Å². The Morgan fingerprint density at radius 2 is 0.759 bits per heavy atom. The molecule has 0 saturated heterocycles. The highest BCUT2D eigenvalue weighted by Crippen LogP contribution is 2.32. The van der Waals surface area contributed by atoms with Crippen molar-refractivity contribution in [1.82, 2.24) is 0 Å². The molecular formula is C27H54O2. The Morgan fingerprint density at radius 3 is 1.03 bits per heavy atom. The zero-order chi connectivity index (χ0) is 21.5. The molecule has 0 aliphatic heterocycles. The molecule has 0 rings (SSSR count). The van der Waals surface area contributed by atoms with E-state index in [4.69, 9.17) is 4.74 Å². The second kappa shape index (κ2) is 22.2. The fraction of sp³-hybridized carbons (Fsp3) is 0.963. The molecule has 0 bridgehead atoms. The van der Waals surface area contributed by atoms with Gasteiger partial charge >= 0.3 is 0 Å². The number of ether oxygens (including phenoxy) is 1. The van der Waals surface area contributed by atoms with Crippen LogP contribution in [0.2, 0.25) is 0 Å². The van der Waals surface area contributed by atoms with Gasteiger partial charge in [0.2, 0.25) is 0 Å². The van der Waals surface area contributed by atoms with E-state index in [1.807, 2.05) is 0 Å². The van der Waals surface area contributed by atoms with Crippen molar-refractivity contribution in [2.24, 2.45) is 0 Å². The van der Waals surface area contributed by atoms with Crippen LogP contribution >= 0.6 is 0 Å². The lowest BCUT2D eigenvalue weighted by atomic mass is 9.84. The van der Waals surface area contributed by atoms with Crippen molar-refractivity contribution < 1.29 is 9.53 Å². The lowest BCUT2D eigenvalue weighted by molar-refractivity contribution is -0.146. The fourth-order valence-electron chi connectivity index (χ4n) is 4.51. The van der Waals surface area contributed by atoms with Crippen molar-refractivity contribution >= 4 is 6.47 Å². The van der Waals surface area contributed by atoms with E-state index >= 15 is 0 Å². The summed E-state index contributed by atoms with van der Waals surface area (Å²) in [6.07, 6.45) is 28.2. The van der Waals surface area contributed by atoms with E-state index in [1.54, 1.807) is 0 Å². The number of rotatable bonds is 24. The van der Waals surface area contributed by atoms with Crippen molar-refractivity contribution in [3.05, 3.63) is 0 Å². The molecule has 0 aromatic carbocycles. The fourth-order valence-corrected chi connectivity index (χ4v) is 4.51. The van der Waals surface area contributed by atoms with Crippen molar-refractivity contribution in [3.8, 4) is 0 Å². The van der Waals surface area contributed by atoms with Crippen LogP contribution in [0.5, 0.6) is 0 Å². The minimum atomic E-state index is -0.180. The number of hydrogen-bond acceptors (Lipinski definition) is 2. The highest BCUT2D eigenvalue weighted by Gasteiger charge is 2.30. The molecule has 0 aromatic heterocycles. The van der Waals surface area contributed by atoms with Crippen LogP contribution in [0, 0.1) is 0 Å². The molecule has 2 nitrogen and oxygen atoms in total. The van der Waals surface area contributed by atoms with Crippen LogP contribution in [0.3, 0.4) is 0 Å². The normalized spacial score (nSPS) is 11.7. The first kappa shape index (κ1) is 28.5. The highest BCUT2D eigenvalue weighted by atomic mass is 16.5. The molecule has 0 spiro atoms. The van der Waals surface area contributed by atoms with Gasteiger partial charge < -0.3 is 4.74 Å². The summed E-state index contributed by atoms with van der Waals surface area (Å²) in [4.78, 5) is 11.4. The maximum absolute atomic E-state index is 11.4. The van der Waals surface area contributed by atoms with Gasteiger partial charge in [-0.2, -0.15) is 0 Å². The number of unbranched alkanes of at least 4 members (excludes halogenated alkanes) is 16. The Morgan fingerprint density at radius 1 is 0.483 bits per heavy atom. The average Bonchev–Trinajstić information content (AvgIpc) is 2.72. The average molecular weight is 411 g/mol. The topological polar surface area (TPSA) is 26.3 Å². The van der Waals surface area contributed by atoms with Crippen LogP contribution in [0.15, 0.2) is 0 Å². The van der Waals surface area contributed by atoms with E-state index in [0.717, 1.165) is 25.7 Å². The van der Waals surface area contributed by atoms with Gasteiger partial charge in [-0.1, -0.05) is 124 Å². The SMILES string of the molecule is CCCCCCCCCC(CCCCCCCC)(CCCCCCCC)OC=O. The molecule has 0 aliphatic carbocycles. The molecule has 2 heteroatoms. The number of carbonyl (C=O) groups is 1. The minimum absolute atomic E-state index is 0.180. The van der Waals surface area contributed by atoms with Crippen LogP contribution in [0.1, 0.15) is 162 Å². The first-order valence-corrected chi connectivity index (χ1v) is 13.4. The monoisotopic (exact) mass is 410 g/mol. The van der Waals surface area contributed by atoms with Crippen molar-refractivity contribution in [3.63, 3.8) is 0 Å². The van der Waals surface area contributed by atoms with E-state index < -0.39 is 0 Å². The Labute approximate surface area is 184 Å². The summed E-state index contributed by atoms with van der Waals surface area (Å²) in [5, 5.41) is 0.